The summed E-state index contributed by atoms with van der Waals surface area (Å²) in [6.45, 7) is 6.14. The molecule has 32 heavy (non-hydrogen) atoms. The van der Waals surface area contributed by atoms with E-state index in [4.69, 9.17) is 4.74 Å². The first-order valence-electron chi connectivity index (χ1n) is 10.1. The van der Waals surface area contributed by atoms with Crippen molar-refractivity contribution in [3.05, 3.63) is 82.2 Å². The molecule has 0 aliphatic carbocycles. The summed E-state index contributed by atoms with van der Waals surface area (Å²) in [5.74, 6) is -0.365. The van der Waals surface area contributed by atoms with Gasteiger partial charge < -0.3 is 9.64 Å². The van der Waals surface area contributed by atoms with E-state index in [-0.39, 0.29) is 23.7 Å². The number of amides is 1. The Hall–Kier alpha value is -3.56. The van der Waals surface area contributed by atoms with Crippen LogP contribution in [0.3, 0.4) is 0 Å². The lowest BCUT2D eigenvalue weighted by Crippen LogP contribution is -2.36. The molecule has 2 heterocycles. The molecule has 1 aromatic heterocycles. The van der Waals surface area contributed by atoms with E-state index in [0.717, 1.165) is 11.3 Å². The molecule has 2 aromatic carbocycles. The number of benzene rings is 2. The lowest BCUT2D eigenvalue weighted by molar-refractivity contribution is -0.384. The van der Waals surface area contributed by atoms with Crippen molar-refractivity contribution in [2.24, 2.45) is 0 Å². The number of nitrogens with zero attached hydrogens (tertiary/aromatic N) is 4. The molecule has 0 radical (unpaired) electrons. The molecular formula is C23H22N4O4S. The Bertz CT molecular complexity index is 1130. The molecule has 8 nitrogen and oxygen atoms in total. The van der Waals surface area contributed by atoms with Crippen molar-refractivity contribution in [1.29, 1.82) is 0 Å². The lowest BCUT2D eigenvalue weighted by Gasteiger charge is -2.28. The number of anilines is 2. The average Bonchev–Trinajstić information content (AvgIpc) is 3.33. The molecule has 4 rings (SSSR count). The maximum atomic E-state index is 13.3. The first-order valence-corrected chi connectivity index (χ1v) is 11.0. The SMILES string of the molecule is C=CCN(C(=O)c1ccc(N2CCOCC2)c([N+](=O)[O-])c1)c1nc(-c2ccccc2)cs1. The van der Waals surface area contributed by atoms with E-state index in [1.54, 1.807) is 18.2 Å². The van der Waals surface area contributed by atoms with Crippen LogP contribution in [0.5, 0.6) is 0 Å². The van der Waals surface area contributed by atoms with Gasteiger partial charge in [-0.15, -0.1) is 17.9 Å². The zero-order chi connectivity index (χ0) is 22.5. The van der Waals surface area contributed by atoms with Crippen molar-refractivity contribution in [1.82, 2.24) is 4.98 Å². The maximum absolute atomic E-state index is 13.3. The highest BCUT2D eigenvalue weighted by atomic mass is 32.1. The number of ether oxygens (including phenoxy) is 1. The van der Waals surface area contributed by atoms with Gasteiger partial charge in [0.05, 0.1) is 23.8 Å². The standard InChI is InChI=1S/C23H22N4O4S/c1-2-10-26(23-24-19(16-32-23)17-6-4-3-5-7-17)22(28)18-8-9-20(21(15-18)27(29)30)25-11-13-31-14-12-25/h2-9,15-16H,1,10-14H2. The van der Waals surface area contributed by atoms with Crippen LogP contribution in [0.1, 0.15) is 10.4 Å². The summed E-state index contributed by atoms with van der Waals surface area (Å²) in [7, 11) is 0. The van der Waals surface area contributed by atoms with Crippen molar-refractivity contribution < 1.29 is 14.5 Å². The molecule has 0 unspecified atom stereocenters. The second kappa shape index (κ2) is 9.71. The third-order valence-electron chi connectivity index (χ3n) is 5.12. The molecule has 0 spiro atoms. The third-order valence-corrected chi connectivity index (χ3v) is 5.98. The molecule has 164 valence electrons. The lowest BCUT2D eigenvalue weighted by atomic mass is 10.1. The van der Waals surface area contributed by atoms with Gasteiger partial charge in [0.15, 0.2) is 5.13 Å². The molecule has 1 aliphatic rings. The highest BCUT2D eigenvalue weighted by molar-refractivity contribution is 7.14. The van der Waals surface area contributed by atoms with Crippen molar-refractivity contribution in [3.8, 4) is 11.3 Å². The van der Waals surface area contributed by atoms with Crippen molar-refractivity contribution >= 4 is 33.8 Å². The third kappa shape index (κ3) is 4.53. The summed E-state index contributed by atoms with van der Waals surface area (Å²) in [5.41, 5.74) is 2.34. The van der Waals surface area contributed by atoms with Gasteiger partial charge in [-0.2, -0.15) is 0 Å². The Balaban J connectivity index is 1.65. The highest BCUT2D eigenvalue weighted by Crippen LogP contribution is 2.32. The van der Waals surface area contributed by atoms with Gasteiger partial charge in [0, 0.05) is 42.2 Å². The van der Waals surface area contributed by atoms with E-state index >= 15 is 0 Å². The molecule has 3 aromatic rings. The van der Waals surface area contributed by atoms with E-state index in [2.05, 4.69) is 11.6 Å². The van der Waals surface area contributed by atoms with Crippen molar-refractivity contribution in [2.75, 3.05) is 42.6 Å². The van der Waals surface area contributed by atoms with E-state index in [0.29, 0.717) is 37.1 Å². The van der Waals surface area contributed by atoms with Gasteiger partial charge in [-0.25, -0.2) is 4.98 Å². The van der Waals surface area contributed by atoms with Gasteiger partial charge in [-0.05, 0) is 12.1 Å². The normalized spacial score (nSPS) is 13.6. The summed E-state index contributed by atoms with van der Waals surface area (Å²) >= 11 is 1.34. The Morgan fingerprint density at radius 1 is 1.25 bits per heavy atom. The number of hydrogen-bond acceptors (Lipinski definition) is 7. The topological polar surface area (TPSA) is 88.8 Å². The number of nitro groups is 1. The van der Waals surface area contributed by atoms with Gasteiger partial charge in [0.25, 0.3) is 11.6 Å². The summed E-state index contributed by atoms with van der Waals surface area (Å²) in [6, 6.07) is 14.3. The fourth-order valence-electron chi connectivity index (χ4n) is 3.54. The van der Waals surface area contributed by atoms with Crippen LogP contribution in [0.4, 0.5) is 16.5 Å². The van der Waals surface area contributed by atoms with Crippen LogP contribution >= 0.6 is 11.3 Å². The average molecular weight is 451 g/mol. The van der Waals surface area contributed by atoms with Crippen molar-refractivity contribution in [3.63, 3.8) is 0 Å². The molecular weight excluding hydrogens is 428 g/mol. The Labute approximate surface area is 189 Å². The summed E-state index contributed by atoms with van der Waals surface area (Å²) < 4.78 is 5.34. The maximum Gasteiger partial charge on any atom is 0.293 e. The smallest absolute Gasteiger partial charge is 0.293 e. The number of carbonyl (C=O) groups excluding carboxylic acids is 1. The summed E-state index contributed by atoms with van der Waals surface area (Å²) in [6.07, 6.45) is 1.61. The fourth-order valence-corrected chi connectivity index (χ4v) is 4.38. The van der Waals surface area contributed by atoms with Crippen LogP contribution in [0.2, 0.25) is 0 Å². The Morgan fingerprint density at radius 2 is 2.00 bits per heavy atom. The van der Waals surface area contributed by atoms with E-state index < -0.39 is 4.92 Å². The number of thiazole rings is 1. The quantitative estimate of drug-likeness (QED) is 0.301. The fraction of sp³-hybridized carbons (Fsp3) is 0.217. The molecule has 0 atom stereocenters. The number of carbonyl (C=O) groups is 1. The van der Waals surface area contributed by atoms with Gasteiger partial charge in [0.1, 0.15) is 5.69 Å². The van der Waals surface area contributed by atoms with Crippen LogP contribution in [0.15, 0.2) is 66.6 Å². The minimum atomic E-state index is -0.448. The number of rotatable bonds is 7. The first-order chi connectivity index (χ1) is 15.6. The predicted octanol–water partition coefficient (Wildman–Crippen LogP) is 4.39. The van der Waals surface area contributed by atoms with Gasteiger partial charge >= 0.3 is 0 Å². The van der Waals surface area contributed by atoms with Crippen LogP contribution in [-0.2, 0) is 4.74 Å². The number of aromatic nitrogens is 1. The summed E-state index contributed by atoms with van der Waals surface area (Å²) in [4.78, 5) is 32.7. The molecule has 0 N–H and O–H groups in total. The molecule has 9 heteroatoms. The van der Waals surface area contributed by atoms with E-state index in [9.17, 15) is 14.9 Å². The molecule has 1 amide bonds. The van der Waals surface area contributed by atoms with E-state index in [1.165, 1.54) is 22.3 Å². The largest absolute Gasteiger partial charge is 0.378 e. The highest BCUT2D eigenvalue weighted by Gasteiger charge is 2.26. The molecule has 1 fully saturated rings. The molecule has 1 aliphatic heterocycles. The van der Waals surface area contributed by atoms with Crippen molar-refractivity contribution in [2.45, 2.75) is 0 Å². The Morgan fingerprint density at radius 3 is 2.69 bits per heavy atom. The Kier molecular flexibility index (Phi) is 6.58. The minimum absolute atomic E-state index is 0.0968. The number of hydrogen-bond donors (Lipinski definition) is 0. The van der Waals surface area contributed by atoms with Crippen LogP contribution in [0.25, 0.3) is 11.3 Å². The van der Waals surface area contributed by atoms with Crippen LogP contribution < -0.4 is 9.80 Å². The monoisotopic (exact) mass is 450 g/mol. The number of nitro benzene ring substituents is 1. The van der Waals surface area contributed by atoms with Gasteiger partial charge in [-0.3, -0.25) is 19.8 Å². The first kappa shape index (κ1) is 21.7. The van der Waals surface area contributed by atoms with Gasteiger partial charge in [0.2, 0.25) is 0 Å². The van der Waals surface area contributed by atoms with Crippen LogP contribution in [0, 0.1) is 10.1 Å². The molecule has 0 saturated carbocycles. The zero-order valence-electron chi connectivity index (χ0n) is 17.3. The van der Waals surface area contributed by atoms with E-state index in [1.807, 2.05) is 40.6 Å². The van der Waals surface area contributed by atoms with Crippen LogP contribution in [-0.4, -0.2) is 48.7 Å². The predicted molar refractivity (Wildman–Crippen MR) is 126 cm³/mol. The van der Waals surface area contributed by atoms with Gasteiger partial charge in [-0.1, -0.05) is 36.4 Å². The summed E-state index contributed by atoms with van der Waals surface area (Å²) in [5, 5.41) is 14.2. The second-order valence-corrected chi connectivity index (χ2v) is 7.98. The number of morpholine rings is 1. The molecule has 0 bridgehead atoms. The second-order valence-electron chi connectivity index (χ2n) is 7.15. The minimum Gasteiger partial charge on any atom is -0.378 e. The molecule has 1 saturated heterocycles. The zero-order valence-corrected chi connectivity index (χ0v) is 18.2.